The SMILES string of the molecule is CNC(=O)C(OC(=O)CCCCn1ccc2ccccc21)C(C)=O. The Morgan fingerprint density at radius 2 is 1.92 bits per heavy atom. The second-order valence-corrected chi connectivity index (χ2v) is 5.62. The van der Waals surface area contributed by atoms with E-state index in [1.807, 2.05) is 18.3 Å². The fourth-order valence-electron chi connectivity index (χ4n) is 2.53. The lowest BCUT2D eigenvalue weighted by Gasteiger charge is -2.13. The molecular formula is C18H22N2O4. The molecular weight excluding hydrogens is 308 g/mol. The van der Waals surface area contributed by atoms with Gasteiger partial charge in [0.05, 0.1) is 0 Å². The van der Waals surface area contributed by atoms with Gasteiger partial charge in [0.25, 0.3) is 5.91 Å². The Hall–Kier alpha value is -2.63. The smallest absolute Gasteiger partial charge is 0.307 e. The van der Waals surface area contributed by atoms with Crippen molar-refractivity contribution >= 4 is 28.6 Å². The Morgan fingerprint density at radius 3 is 2.62 bits per heavy atom. The van der Waals surface area contributed by atoms with Crippen LogP contribution in [0.1, 0.15) is 26.2 Å². The van der Waals surface area contributed by atoms with Gasteiger partial charge >= 0.3 is 5.97 Å². The molecule has 1 aromatic carbocycles. The van der Waals surface area contributed by atoms with Crippen molar-refractivity contribution in [2.24, 2.45) is 0 Å². The van der Waals surface area contributed by atoms with E-state index in [0.29, 0.717) is 6.42 Å². The van der Waals surface area contributed by atoms with Crippen LogP contribution in [-0.4, -0.2) is 35.4 Å². The summed E-state index contributed by atoms with van der Waals surface area (Å²) in [5.74, 6) is -1.62. The number of Topliss-reactive ketones (excluding diaryl/α,β-unsaturated/α-hetero) is 1. The summed E-state index contributed by atoms with van der Waals surface area (Å²) in [5.41, 5.74) is 1.16. The van der Waals surface area contributed by atoms with Crippen molar-refractivity contribution in [2.75, 3.05) is 7.05 Å². The number of aromatic nitrogens is 1. The minimum absolute atomic E-state index is 0.181. The molecule has 2 rings (SSSR count). The van der Waals surface area contributed by atoms with Crippen molar-refractivity contribution in [1.82, 2.24) is 9.88 Å². The van der Waals surface area contributed by atoms with Crippen molar-refractivity contribution in [1.29, 1.82) is 0 Å². The second kappa shape index (κ2) is 8.29. The summed E-state index contributed by atoms with van der Waals surface area (Å²) < 4.78 is 7.11. The van der Waals surface area contributed by atoms with Gasteiger partial charge in [-0.05, 0) is 37.3 Å². The maximum atomic E-state index is 11.8. The summed E-state index contributed by atoms with van der Waals surface area (Å²) in [6.45, 7) is 2.02. The predicted octanol–water partition coefficient (Wildman–Crippen LogP) is 2.06. The van der Waals surface area contributed by atoms with Gasteiger partial charge in [0.2, 0.25) is 6.10 Å². The molecule has 1 aromatic heterocycles. The monoisotopic (exact) mass is 330 g/mol. The minimum atomic E-state index is -1.35. The fourth-order valence-corrected chi connectivity index (χ4v) is 2.53. The van der Waals surface area contributed by atoms with E-state index >= 15 is 0 Å². The number of carbonyl (C=O) groups excluding carboxylic acids is 3. The second-order valence-electron chi connectivity index (χ2n) is 5.62. The molecule has 6 heteroatoms. The van der Waals surface area contributed by atoms with Gasteiger partial charge < -0.3 is 14.6 Å². The Labute approximate surface area is 140 Å². The molecule has 0 aliphatic heterocycles. The molecule has 0 aliphatic carbocycles. The third-order valence-corrected chi connectivity index (χ3v) is 3.81. The molecule has 24 heavy (non-hydrogen) atoms. The summed E-state index contributed by atoms with van der Waals surface area (Å²) >= 11 is 0. The number of hydrogen-bond donors (Lipinski definition) is 1. The van der Waals surface area contributed by atoms with Crippen LogP contribution in [-0.2, 0) is 25.7 Å². The van der Waals surface area contributed by atoms with Crippen LogP contribution in [0.5, 0.6) is 0 Å². The number of unbranched alkanes of at least 4 members (excludes halogenated alkanes) is 1. The minimum Gasteiger partial charge on any atom is -0.444 e. The lowest BCUT2D eigenvalue weighted by molar-refractivity contribution is -0.160. The molecule has 1 unspecified atom stereocenters. The lowest BCUT2D eigenvalue weighted by atomic mass is 10.2. The van der Waals surface area contributed by atoms with Gasteiger partial charge in [-0.15, -0.1) is 0 Å². The van der Waals surface area contributed by atoms with Gasteiger partial charge in [0.1, 0.15) is 0 Å². The zero-order chi connectivity index (χ0) is 17.5. The van der Waals surface area contributed by atoms with Crippen LogP contribution < -0.4 is 5.32 Å². The maximum Gasteiger partial charge on any atom is 0.307 e. The molecule has 0 saturated heterocycles. The van der Waals surface area contributed by atoms with Crippen LogP contribution in [0.4, 0.5) is 0 Å². The van der Waals surface area contributed by atoms with E-state index in [1.165, 1.54) is 19.4 Å². The van der Waals surface area contributed by atoms with Crippen molar-refractivity contribution in [3.05, 3.63) is 36.5 Å². The largest absolute Gasteiger partial charge is 0.444 e. The van der Waals surface area contributed by atoms with E-state index in [1.54, 1.807) is 0 Å². The molecule has 0 spiro atoms. The van der Waals surface area contributed by atoms with Crippen LogP contribution in [0, 0.1) is 0 Å². The van der Waals surface area contributed by atoms with Crippen LogP contribution in [0.3, 0.4) is 0 Å². The van der Waals surface area contributed by atoms with E-state index in [2.05, 4.69) is 28.1 Å². The number of carbonyl (C=O) groups is 3. The molecule has 1 atom stereocenters. The molecule has 0 radical (unpaired) electrons. The highest BCUT2D eigenvalue weighted by molar-refractivity contribution is 6.04. The first-order valence-corrected chi connectivity index (χ1v) is 7.98. The Morgan fingerprint density at radius 1 is 1.17 bits per heavy atom. The lowest BCUT2D eigenvalue weighted by Crippen LogP contribution is -2.40. The molecule has 0 aliphatic rings. The summed E-state index contributed by atoms with van der Waals surface area (Å²) in [7, 11) is 1.40. The highest BCUT2D eigenvalue weighted by atomic mass is 16.6. The average Bonchev–Trinajstić information content (AvgIpc) is 2.99. The number of likely N-dealkylation sites (N-methyl/N-ethyl adjacent to an activating group) is 1. The van der Waals surface area contributed by atoms with Crippen molar-refractivity contribution in [3.63, 3.8) is 0 Å². The van der Waals surface area contributed by atoms with Gasteiger partial charge in [-0.2, -0.15) is 0 Å². The Kier molecular flexibility index (Phi) is 6.12. The topological polar surface area (TPSA) is 77.4 Å². The number of aryl methyl sites for hydroxylation is 1. The number of nitrogens with zero attached hydrogens (tertiary/aromatic N) is 1. The van der Waals surface area contributed by atoms with E-state index in [-0.39, 0.29) is 6.42 Å². The van der Waals surface area contributed by atoms with Crippen molar-refractivity contribution in [2.45, 2.75) is 38.8 Å². The van der Waals surface area contributed by atoms with Crippen molar-refractivity contribution < 1.29 is 19.1 Å². The third kappa shape index (κ3) is 4.44. The number of esters is 1. The van der Waals surface area contributed by atoms with Crippen LogP contribution >= 0.6 is 0 Å². The number of nitrogens with one attached hydrogen (secondary N) is 1. The fraction of sp³-hybridized carbons (Fsp3) is 0.389. The van der Waals surface area contributed by atoms with Gasteiger partial charge in [0, 0.05) is 31.7 Å². The number of hydrogen-bond acceptors (Lipinski definition) is 4. The van der Waals surface area contributed by atoms with Crippen LogP contribution in [0.25, 0.3) is 10.9 Å². The highest BCUT2D eigenvalue weighted by Gasteiger charge is 2.26. The zero-order valence-electron chi connectivity index (χ0n) is 14.0. The van der Waals surface area contributed by atoms with E-state index in [9.17, 15) is 14.4 Å². The summed E-state index contributed by atoms with van der Waals surface area (Å²) in [6.07, 6.45) is 2.29. The standard InChI is InChI=1S/C18H22N2O4/c1-13(21)17(18(23)19-2)24-16(22)9-5-6-11-20-12-10-14-7-3-4-8-15(14)20/h3-4,7-8,10,12,17H,5-6,9,11H2,1-2H3,(H,19,23). The highest BCUT2D eigenvalue weighted by Crippen LogP contribution is 2.16. The number of benzene rings is 1. The number of ketones is 1. The molecule has 0 saturated carbocycles. The molecule has 2 aromatic rings. The normalized spacial score (nSPS) is 11.9. The first-order valence-electron chi connectivity index (χ1n) is 7.98. The third-order valence-electron chi connectivity index (χ3n) is 3.81. The molecule has 0 bridgehead atoms. The van der Waals surface area contributed by atoms with Crippen LogP contribution in [0.2, 0.25) is 0 Å². The quantitative estimate of drug-likeness (QED) is 0.456. The van der Waals surface area contributed by atoms with E-state index in [0.717, 1.165) is 18.5 Å². The van der Waals surface area contributed by atoms with Crippen LogP contribution in [0.15, 0.2) is 36.5 Å². The molecule has 1 amide bonds. The van der Waals surface area contributed by atoms with E-state index < -0.39 is 23.8 Å². The number of ether oxygens (including phenoxy) is 1. The van der Waals surface area contributed by atoms with Crippen molar-refractivity contribution in [3.8, 4) is 0 Å². The first kappa shape index (κ1) is 17.7. The van der Waals surface area contributed by atoms with E-state index in [4.69, 9.17) is 4.74 Å². The zero-order valence-corrected chi connectivity index (χ0v) is 14.0. The number of rotatable bonds is 8. The van der Waals surface area contributed by atoms with Gasteiger partial charge in [0.15, 0.2) is 5.78 Å². The summed E-state index contributed by atoms with van der Waals surface area (Å²) in [6, 6.07) is 10.2. The number of fused-ring (bicyclic) bond motifs is 1. The Bertz CT molecular complexity index is 735. The molecule has 6 nitrogen and oxygen atoms in total. The summed E-state index contributed by atoms with van der Waals surface area (Å²) in [4.78, 5) is 34.6. The summed E-state index contributed by atoms with van der Waals surface area (Å²) in [5, 5.41) is 3.50. The van der Waals surface area contributed by atoms with Gasteiger partial charge in [-0.3, -0.25) is 14.4 Å². The number of amides is 1. The van der Waals surface area contributed by atoms with Gasteiger partial charge in [-0.1, -0.05) is 18.2 Å². The molecule has 1 heterocycles. The molecule has 128 valence electrons. The molecule has 1 N–H and O–H groups in total. The Balaban J connectivity index is 1.78. The predicted molar refractivity (Wildman–Crippen MR) is 90.4 cm³/mol. The van der Waals surface area contributed by atoms with Gasteiger partial charge in [-0.25, -0.2) is 0 Å². The number of para-hydroxylation sites is 1. The maximum absolute atomic E-state index is 11.8. The average molecular weight is 330 g/mol. The molecule has 0 fully saturated rings. The first-order chi connectivity index (χ1) is 11.5.